The molecule has 1 amide bonds. The van der Waals surface area contributed by atoms with Crippen LogP contribution in [0.1, 0.15) is 39.2 Å². The fourth-order valence-corrected chi connectivity index (χ4v) is 4.05. The van der Waals surface area contributed by atoms with Gasteiger partial charge in [0.1, 0.15) is 17.5 Å². The van der Waals surface area contributed by atoms with Crippen LogP contribution in [0, 0.1) is 5.82 Å². The van der Waals surface area contributed by atoms with Gasteiger partial charge in [-0.1, -0.05) is 57.6 Å². The Hall–Kier alpha value is -3.89. The van der Waals surface area contributed by atoms with Crippen molar-refractivity contribution in [2.45, 2.75) is 41.5 Å². The summed E-state index contributed by atoms with van der Waals surface area (Å²) in [5.41, 5.74) is 4.09. The van der Waals surface area contributed by atoms with Crippen LogP contribution in [0.5, 0.6) is 0 Å². The number of amides is 1. The summed E-state index contributed by atoms with van der Waals surface area (Å²) in [4.78, 5) is 37.0. The summed E-state index contributed by atoms with van der Waals surface area (Å²) in [6.07, 6.45) is 4.01. The number of nitrogens with zero attached hydrogens (tertiary/aromatic N) is 2. The summed E-state index contributed by atoms with van der Waals surface area (Å²) in [6.45, 7) is 0.503. The second-order valence-electron chi connectivity index (χ2n) is 9.00. The minimum atomic E-state index is -0.883. The Morgan fingerprint density at radius 3 is 1.62 bits per heavy atom. The zero-order valence-corrected chi connectivity index (χ0v) is 25.1. The van der Waals surface area contributed by atoms with E-state index in [1.165, 1.54) is 18.3 Å². The number of imidazole rings is 2. The van der Waals surface area contributed by atoms with Crippen molar-refractivity contribution in [2.24, 2.45) is 0 Å². The SMILES string of the molecule is C.C.C.O=C(Cc1cnc(-c2ccc(Cl)cc2)[nH]1)NCCc1ccc(F)cc1.O=C(O)Cc1cnc(-c2ccc(Cl)cc2)[nH]1.[V]. The molecule has 5 aromatic rings. The Morgan fingerprint density at radius 2 is 1.18 bits per heavy atom. The minimum Gasteiger partial charge on any atom is -0.481 e. The number of carbonyl (C=O) groups is 2. The maximum Gasteiger partial charge on any atom is 0.309 e. The predicted molar refractivity (Wildman–Crippen MR) is 176 cm³/mol. The van der Waals surface area contributed by atoms with Gasteiger partial charge in [0.25, 0.3) is 0 Å². The van der Waals surface area contributed by atoms with Crippen LogP contribution in [-0.4, -0.2) is 43.5 Å². The quantitative estimate of drug-likeness (QED) is 0.125. The molecule has 0 unspecified atom stereocenters. The van der Waals surface area contributed by atoms with E-state index in [0.29, 0.717) is 40.4 Å². The molecule has 0 aliphatic carbocycles. The van der Waals surface area contributed by atoms with E-state index in [9.17, 15) is 14.0 Å². The molecular formula is C33H38Cl2FN5O3V. The number of aliphatic carboxylic acids is 1. The number of hydrogen-bond acceptors (Lipinski definition) is 4. The number of carbonyl (C=O) groups excluding carboxylic acids is 1. The molecular weight excluding hydrogens is 655 g/mol. The van der Waals surface area contributed by atoms with E-state index in [1.54, 1.807) is 42.6 Å². The molecule has 8 nitrogen and oxygen atoms in total. The van der Waals surface area contributed by atoms with Gasteiger partial charge in [0.05, 0.1) is 12.8 Å². The molecule has 0 fully saturated rings. The van der Waals surface area contributed by atoms with E-state index in [-0.39, 0.29) is 65.4 Å². The van der Waals surface area contributed by atoms with Gasteiger partial charge in [0.15, 0.2) is 0 Å². The summed E-state index contributed by atoms with van der Waals surface area (Å²) in [7, 11) is 0. The normalized spacial score (nSPS) is 9.58. The Labute approximate surface area is 285 Å². The van der Waals surface area contributed by atoms with Crippen molar-refractivity contribution >= 4 is 35.1 Å². The smallest absolute Gasteiger partial charge is 0.309 e. The van der Waals surface area contributed by atoms with E-state index < -0.39 is 5.97 Å². The van der Waals surface area contributed by atoms with Crippen molar-refractivity contribution in [3.05, 3.63) is 118 Å². The van der Waals surface area contributed by atoms with Gasteiger partial charge < -0.3 is 20.4 Å². The number of nitrogens with one attached hydrogen (secondary N) is 3. The minimum absolute atomic E-state index is 0. The first-order valence-corrected chi connectivity index (χ1v) is 13.3. The third kappa shape index (κ3) is 13.3. The number of aromatic nitrogens is 4. The maximum atomic E-state index is 12.8. The number of benzene rings is 3. The van der Waals surface area contributed by atoms with Gasteiger partial charge in [-0.2, -0.15) is 0 Å². The van der Waals surface area contributed by atoms with Crippen LogP contribution in [0.15, 0.2) is 85.2 Å². The molecule has 239 valence electrons. The van der Waals surface area contributed by atoms with Crippen LogP contribution in [0.4, 0.5) is 4.39 Å². The van der Waals surface area contributed by atoms with Gasteiger partial charge in [-0.25, -0.2) is 14.4 Å². The van der Waals surface area contributed by atoms with E-state index in [2.05, 4.69) is 25.3 Å². The van der Waals surface area contributed by atoms with Crippen molar-refractivity contribution < 1.29 is 37.6 Å². The van der Waals surface area contributed by atoms with Gasteiger partial charge in [-0.05, 0) is 72.6 Å². The van der Waals surface area contributed by atoms with Gasteiger partial charge >= 0.3 is 5.97 Å². The summed E-state index contributed by atoms with van der Waals surface area (Å²) >= 11 is 11.6. The van der Waals surface area contributed by atoms with Crippen molar-refractivity contribution in [1.82, 2.24) is 25.3 Å². The van der Waals surface area contributed by atoms with Gasteiger partial charge in [-0.15, -0.1) is 0 Å². The van der Waals surface area contributed by atoms with Crippen molar-refractivity contribution in [3.63, 3.8) is 0 Å². The monoisotopic (exact) mass is 692 g/mol. The molecule has 0 atom stereocenters. The largest absolute Gasteiger partial charge is 0.481 e. The van der Waals surface area contributed by atoms with Crippen LogP contribution in [0.2, 0.25) is 10.0 Å². The standard InChI is InChI=1S/C19H17ClFN3O.C11H9ClN2O2.3CH4.V/c20-15-5-3-14(4-6-15)19-23-12-17(24-19)11-18(25)22-10-9-13-1-7-16(21)8-2-13;12-8-3-1-7(2-4-8)11-13-6-9(14-11)5-10(15)16;;;;/h1-8,12H,9-11H2,(H,22,25)(H,23,24);1-4,6H,5H2,(H,13,14)(H,15,16);3*1H4;. The first-order chi connectivity index (χ1) is 19.7. The third-order valence-corrected chi connectivity index (χ3v) is 6.34. The molecule has 2 heterocycles. The van der Waals surface area contributed by atoms with Crippen LogP contribution >= 0.6 is 23.2 Å². The van der Waals surface area contributed by atoms with E-state index in [4.69, 9.17) is 28.3 Å². The molecule has 12 heteroatoms. The summed E-state index contributed by atoms with van der Waals surface area (Å²) in [5.74, 6) is 0.113. The molecule has 4 N–H and O–H groups in total. The Bertz CT molecular complexity index is 1590. The zero-order chi connectivity index (χ0) is 29.2. The Balaban J connectivity index is 0.000000852. The van der Waals surface area contributed by atoms with Crippen molar-refractivity contribution in [2.75, 3.05) is 6.54 Å². The number of halogens is 3. The summed E-state index contributed by atoms with van der Waals surface area (Å²) in [6, 6.07) is 20.8. The van der Waals surface area contributed by atoms with Gasteiger partial charge in [-0.3, -0.25) is 9.59 Å². The summed E-state index contributed by atoms with van der Waals surface area (Å²) in [5, 5.41) is 12.8. The molecule has 0 saturated heterocycles. The van der Waals surface area contributed by atoms with Crippen molar-refractivity contribution in [3.8, 4) is 22.8 Å². The second-order valence-corrected chi connectivity index (χ2v) is 9.87. The fourth-order valence-electron chi connectivity index (χ4n) is 3.80. The molecule has 2 aromatic heterocycles. The zero-order valence-electron chi connectivity index (χ0n) is 22.2. The average Bonchev–Trinajstić information content (AvgIpc) is 3.61. The first-order valence-electron chi connectivity index (χ1n) is 12.6. The number of aromatic amines is 2. The second kappa shape index (κ2) is 20.2. The van der Waals surface area contributed by atoms with Crippen molar-refractivity contribution in [1.29, 1.82) is 0 Å². The molecule has 3 aromatic carbocycles. The maximum absolute atomic E-state index is 12.8. The van der Waals surface area contributed by atoms with Crippen LogP contribution in [0.3, 0.4) is 0 Å². The van der Waals surface area contributed by atoms with Crippen LogP contribution in [0.25, 0.3) is 22.8 Å². The number of H-pyrrole nitrogens is 2. The molecule has 45 heavy (non-hydrogen) atoms. The number of carboxylic acid groups (broad SMARTS) is 1. The molecule has 0 spiro atoms. The third-order valence-electron chi connectivity index (χ3n) is 5.83. The topological polar surface area (TPSA) is 124 Å². The number of carboxylic acids is 1. The molecule has 0 aliphatic rings. The van der Waals surface area contributed by atoms with E-state index >= 15 is 0 Å². The molecule has 1 radical (unpaired) electrons. The molecule has 0 bridgehead atoms. The Kier molecular flexibility index (Phi) is 18.5. The van der Waals surface area contributed by atoms with E-state index in [1.807, 2.05) is 24.3 Å². The molecule has 0 aliphatic heterocycles. The van der Waals surface area contributed by atoms with Gasteiger partial charge in [0.2, 0.25) is 5.91 Å². The number of rotatable bonds is 9. The Morgan fingerprint density at radius 1 is 0.733 bits per heavy atom. The average molecular weight is 694 g/mol. The summed E-state index contributed by atoms with van der Waals surface area (Å²) < 4.78 is 12.8. The first kappa shape index (κ1) is 41.1. The molecule has 5 rings (SSSR count). The van der Waals surface area contributed by atoms with Gasteiger partial charge in [0, 0.05) is 70.1 Å². The fraction of sp³-hybridized carbons (Fsp3) is 0.212. The van der Waals surface area contributed by atoms with E-state index in [0.717, 1.165) is 22.4 Å². The van der Waals surface area contributed by atoms with Crippen LogP contribution < -0.4 is 5.32 Å². The molecule has 0 saturated carbocycles. The van der Waals surface area contributed by atoms with Crippen LogP contribution in [-0.2, 0) is 47.4 Å². The predicted octanol–water partition coefficient (Wildman–Crippen LogP) is 8.03. The number of hydrogen-bond donors (Lipinski definition) is 4.